The van der Waals surface area contributed by atoms with Crippen LogP contribution in [0.1, 0.15) is 44.3 Å². The summed E-state index contributed by atoms with van der Waals surface area (Å²) in [5, 5.41) is -0.0465. The molecule has 1 saturated heterocycles. The lowest BCUT2D eigenvalue weighted by Gasteiger charge is -2.20. The first-order valence-corrected chi connectivity index (χ1v) is 11.3. The van der Waals surface area contributed by atoms with Crippen LogP contribution < -0.4 is 9.80 Å². The molecule has 1 heterocycles. The van der Waals surface area contributed by atoms with E-state index in [0.29, 0.717) is 22.4 Å². The minimum absolute atomic E-state index is 0.0465. The van der Waals surface area contributed by atoms with E-state index in [-0.39, 0.29) is 28.1 Å². The van der Waals surface area contributed by atoms with Crippen LogP contribution in [0.4, 0.5) is 11.4 Å². The van der Waals surface area contributed by atoms with E-state index >= 15 is 0 Å². The Labute approximate surface area is 207 Å². The summed E-state index contributed by atoms with van der Waals surface area (Å²) >= 11 is 5.32. The third kappa shape index (κ3) is 3.76. The number of amides is 1. The highest BCUT2D eigenvalue weighted by molar-refractivity contribution is 7.80. The molecule has 0 atom stereocenters. The highest BCUT2D eigenvalue weighted by Crippen LogP contribution is 2.33. The first-order valence-electron chi connectivity index (χ1n) is 10.9. The van der Waals surface area contributed by atoms with Crippen molar-refractivity contribution in [2.45, 2.75) is 6.92 Å². The summed E-state index contributed by atoms with van der Waals surface area (Å²) in [6, 6.07) is 18.9. The topological polar surface area (TPSA) is 66.9 Å². The second kappa shape index (κ2) is 8.45. The van der Waals surface area contributed by atoms with Crippen LogP contribution in [0.15, 0.2) is 84.8 Å². The molecule has 1 amide bonds. The Kier molecular flexibility index (Phi) is 5.42. The van der Waals surface area contributed by atoms with Crippen LogP contribution in [0.25, 0.3) is 6.08 Å². The van der Waals surface area contributed by atoms with E-state index in [1.807, 2.05) is 43.1 Å². The smallest absolute Gasteiger partial charge is 0.301 e. The van der Waals surface area contributed by atoms with Gasteiger partial charge in [-0.2, -0.15) is 0 Å². The number of rotatable bonds is 4. The zero-order valence-corrected chi connectivity index (χ0v) is 19.9. The average Bonchev–Trinajstić information content (AvgIpc) is 3.14. The number of carbonyl (C=O) groups excluding carboxylic acids is 3. The molecule has 172 valence electrons. The number of hydrogen-bond acceptors (Lipinski definition) is 6. The van der Waals surface area contributed by atoms with Crippen molar-refractivity contribution in [3.63, 3.8) is 0 Å². The van der Waals surface area contributed by atoms with E-state index in [1.165, 1.54) is 11.0 Å². The van der Waals surface area contributed by atoms with Crippen LogP contribution in [0.2, 0.25) is 0 Å². The van der Waals surface area contributed by atoms with Gasteiger partial charge in [0.05, 0.1) is 5.69 Å². The van der Waals surface area contributed by atoms with Crippen LogP contribution in [0.3, 0.4) is 0 Å². The second-order valence-corrected chi connectivity index (χ2v) is 8.69. The molecule has 0 radical (unpaired) electrons. The number of benzene rings is 3. The van der Waals surface area contributed by atoms with Crippen molar-refractivity contribution in [1.29, 1.82) is 0 Å². The molecule has 3 aromatic carbocycles. The molecule has 0 bridgehead atoms. The summed E-state index contributed by atoms with van der Waals surface area (Å²) < 4.78 is 5.60. The van der Waals surface area contributed by atoms with Gasteiger partial charge >= 0.3 is 5.91 Å². The zero-order chi connectivity index (χ0) is 24.9. The van der Waals surface area contributed by atoms with Gasteiger partial charge in [-0.25, -0.2) is 4.90 Å². The van der Waals surface area contributed by atoms with Crippen molar-refractivity contribution in [3.8, 4) is 0 Å². The number of allylic oxidation sites excluding steroid dienone is 1. The number of fused-ring (bicyclic) bond motifs is 2. The molecule has 1 fully saturated rings. The van der Waals surface area contributed by atoms with Crippen LogP contribution in [-0.4, -0.2) is 29.7 Å². The normalized spacial score (nSPS) is 15.7. The van der Waals surface area contributed by atoms with E-state index in [1.54, 1.807) is 42.5 Å². The molecule has 3 aromatic rings. The Balaban J connectivity index is 1.45. The van der Waals surface area contributed by atoms with Crippen molar-refractivity contribution < 1.29 is 19.1 Å². The largest absolute Gasteiger partial charge is 0.425 e. The SMILES string of the molecule is C=C(C)N(C)c1ccc(C=C2OC(=S)N(c3ccc4c(c3)C(=O)c3ccccc3C4=O)C2=O)cc1. The quantitative estimate of drug-likeness (QED) is 0.298. The molecular weight excluding hydrogens is 460 g/mol. The first kappa shape index (κ1) is 22.4. The molecule has 0 aromatic heterocycles. The van der Waals surface area contributed by atoms with E-state index in [2.05, 4.69) is 6.58 Å². The number of nitrogens with zero attached hydrogens (tertiary/aromatic N) is 2. The molecule has 35 heavy (non-hydrogen) atoms. The maximum Gasteiger partial charge on any atom is 0.301 e. The highest BCUT2D eigenvalue weighted by Gasteiger charge is 2.37. The predicted molar refractivity (Wildman–Crippen MR) is 139 cm³/mol. The van der Waals surface area contributed by atoms with Gasteiger partial charge in [0.1, 0.15) is 0 Å². The molecule has 0 spiro atoms. The fourth-order valence-corrected chi connectivity index (χ4v) is 4.36. The molecular formula is C28H20N2O4S. The van der Waals surface area contributed by atoms with Crippen LogP contribution in [0.5, 0.6) is 0 Å². The van der Waals surface area contributed by atoms with Crippen LogP contribution in [0, 0.1) is 0 Å². The third-order valence-electron chi connectivity index (χ3n) is 6.11. The highest BCUT2D eigenvalue weighted by atomic mass is 32.1. The third-order valence-corrected chi connectivity index (χ3v) is 6.38. The predicted octanol–water partition coefficient (Wildman–Crippen LogP) is 5.12. The number of thiocarbonyl (C=S) groups is 1. The van der Waals surface area contributed by atoms with Gasteiger partial charge in [-0.05, 0) is 61.1 Å². The Morgan fingerprint density at radius 1 is 0.914 bits per heavy atom. The van der Waals surface area contributed by atoms with Crippen LogP contribution >= 0.6 is 12.2 Å². The lowest BCUT2D eigenvalue weighted by molar-refractivity contribution is -0.114. The van der Waals surface area contributed by atoms with Crippen molar-refractivity contribution in [1.82, 2.24) is 0 Å². The van der Waals surface area contributed by atoms with E-state index in [9.17, 15) is 14.4 Å². The summed E-state index contributed by atoms with van der Waals surface area (Å²) in [6.07, 6.45) is 1.61. The van der Waals surface area contributed by atoms with E-state index in [0.717, 1.165) is 16.9 Å². The van der Waals surface area contributed by atoms with Crippen molar-refractivity contribution in [2.75, 3.05) is 16.8 Å². The number of anilines is 2. The van der Waals surface area contributed by atoms with Gasteiger partial charge in [0.2, 0.25) is 0 Å². The summed E-state index contributed by atoms with van der Waals surface area (Å²) in [4.78, 5) is 42.3. The molecule has 0 unspecified atom stereocenters. The minimum Gasteiger partial charge on any atom is -0.425 e. The lowest BCUT2D eigenvalue weighted by Crippen LogP contribution is -2.29. The van der Waals surface area contributed by atoms with Gasteiger partial charge in [-0.1, -0.05) is 43.0 Å². The maximum absolute atomic E-state index is 13.2. The van der Waals surface area contributed by atoms with Crippen LogP contribution in [-0.2, 0) is 9.53 Å². The number of carbonyl (C=O) groups is 3. The fraction of sp³-hybridized carbons (Fsp3) is 0.0714. The average molecular weight is 481 g/mol. The standard InChI is InChI=1S/C28H20N2O4S/c1-16(2)29(3)18-10-8-17(9-11-18)14-24-27(33)30(28(35)34-24)19-12-13-22-23(15-19)26(32)21-7-5-4-6-20(21)25(22)31/h4-15H,1H2,2-3H3. The molecule has 0 saturated carbocycles. The Bertz CT molecular complexity index is 1490. The fourth-order valence-electron chi connectivity index (χ4n) is 4.08. The molecule has 1 aliphatic heterocycles. The van der Waals surface area contributed by atoms with Gasteiger partial charge < -0.3 is 9.64 Å². The zero-order valence-electron chi connectivity index (χ0n) is 19.1. The summed E-state index contributed by atoms with van der Waals surface area (Å²) in [6.45, 7) is 5.85. The van der Waals surface area contributed by atoms with Crippen molar-refractivity contribution >= 4 is 52.3 Å². The van der Waals surface area contributed by atoms with Crippen molar-refractivity contribution in [2.24, 2.45) is 0 Å². The summed E-state index contributed by atoms with van der Waals surface area (Å²) in [5.41, 5.74) is 4.24. The number of hydrogen-bond donors (Lipinski definition) is 0. The summed E-state index contributed by atoms with van der Waals surface area (Å²) in [7, 11) is 1.92. The Hall–Kier alpha value is -4.36. The van der Waals surface area contributed by atoms with Gasteiger partial charge in [-0.15, -0.1) is 0 Å². The van der Waals surface area contributed by atoms with E-state index < -0.39 is 5.91 Å². The van der Waals surface area contributed by atoms with E-state index in [4.69, 9.17) is 17.0 Å². The number of ketones is 2. The molecule has 1 aliphatic carbocycles. The molecule has 5 rings (SSSR count). The van der Waals surface area contributed by atoms with Gasteiger partial charge in [0, 0.05) is 40.7 Å². The van der Waals surface area contributed by atoms with Crippen molar-refractivity contribution in [3.05, 3.63) is 113 Å². The first-order chi connectivity index (χ1) is 16.8. The maximum atomic E-state index is 13.2. The van der Waals surface area contributed by atoms with Gasteiger partial charge in [-0.3, -0.25) is 14.4 Å². The Morgan fingerprint density at radius 3 is 2.14 bits per heavy atom. The number of ether oxygens (including phenoxy) is 1. The van der Waals surface area contributed by atoms with Gasteiger partial charge in [0.15, 0.2) is 17.3 Å². The minimum atomic E-state index is -0.451. The molecule has 0 N–H and O–H groups in total. The Morgan fingerprint density at radius 2 is 1.51 bits per heavy atom. The lowest BCUT2D eigenvalue weighted by atomic mass is 9.84. The summed E-state index contributed by atoms with van der Waals surface area (Å²) in [5.74, 6) is -0.879. The molecule has 7 heteroatoms. The monoisotopic (exact) mass is 480 g/mol. The molecule has 2 aliphatic rings. The van der Waals surface area contributed by atoms with Gasteiger partial charge in [0.25, 0.3) is 5.17 Å². The second-order valence-electron chi connectivity index (χ2n) is 8.34. The molecule has 6 nitrogen and oxygen atoms in total.